The molecular weight excluding hydrogens is 478 g/mol. The van der Waals surface area contributed by atoms with E-state index in [4.69, 9.17) is 10.1 Å². The predicted molar refractivity (Wildman–Crippen MR) is 142 cm³/mol. The molecule has 1 N–H and O–H groups in total. The normalized spacial score (nSPS) is 21.6. The zero-order valence-corrected chi connectivity index (χ0v) is 21.2. The summed E-state index contributed by atoms with van der Waals surface area (Å²) in [6, 6.07) is 17.7. The molecule has 4 aromatic rings. The number of aliphatic hydroxyl groups excluding tert-OH is 1. The number of nitrogens with zero attached hydrogens (tertiary/aromatic N) is 7. The van der Waals surface area contributed by atoms with Gasteiger partial charge in [-0.3, -0.25) is 9.78 Å². The topological polar surface area (TPSA) is 111 Å². The molecule has 0 unspecified atom stereocenters. The lowest BCUT2D eigenvalue weighted by molar-refractivity contribution is 0.0599. The zero-order chi connectivity index (χ0) is 26.2. The zero-order valence-electron chi connectivity index (χ0n) is 21.2. The van der Waals surface area contributed by atoms with Crippen LogP contribution in [0.2, 0.25) is 0 Å². The summed E-state index contributed by atoms with van der Waals surface area (Å²) in [5, 5.41) is 24.3. The van der Waals surface area contributed by atoms with Crippen molar-refractivity contribution in [3.63, 3.8) is 0 Å². The third-order valence-electron chi connectivity index (χ3n) is 7.57. The van der Waals surface area contributed by atoms with E-state index < -0.39 is 12.0 Å². The van der Waals surface area contributed by atoms with Crippen molar-refractivity contribution in [2.24, 2.45) is 5.92 Å². The number of likely N-dealkylation sites (tertiary alicyclic amines) is 1. The Morgan fingerprint density at radius 3 is 2.74 bits per heavy atom. The number of hydrogen-bond acceptors (Lipinski definition) is 7. The highest BCUT2D eigenvalue weighted by Crippen LogP contribution is 2.33. The first kappa shape index (κ1) is 24.1. The van der Waals surface area contributed by atoms with Crippen molar-refractivity contribution >= 4 is 17.4 Å². The molecule has 9 nitrogen and oxygen atoms in total. The van der Waals surface area contributed by atoms with Crippen LogP contribution in [0.4, 0.5) is 5.82 Å². The third kappa shape index (κ3) is 4.37. The standard InChI is InChI=1S/C29H29N7O2/c1-19-16-36-27(32-28(19)34-17-22(15-30)26(37)18-34)14-23(33-36)25-9-5-6-12-35(25)29(38)24-13-21(10-11-31-24)20-7-3-2-4-8-20/h2-4,7-8,10-11,13-14,16,22,25-26,37H,5-6,9,12,17-18H2,1H3/t22-,25+,26+/m1/s1. The second-order valence-corrected chi connectivity index (χ2v) is 10.1. The van der Waals surface area contributed by atoms with Gasteiger partial charge in [0.25, 0.3) is 5.91 Å². The van der Waals surface area contributed by atoms with Crippen LogP contribution in [0.25, 0.3) is 16.8 Å². The minimum atomic E-state index is -0.686. The summed E-state index contributed by atoms with van der Waals surface area (Å²) < 4.78 is 1.76. The molecule has 9 heteroatoms. The number of fused-ring (bicyclic) bond motifs is 1. The van der Waals surface area contributed by atoms with E-state index in [1.807, 2.05) is 71.5 Å². The van der Waals surface area contributed by atoms with Crippen molar-refractivity contribution < 1.29 is 9.90 Å². The van der Waals surface area contributed by atoms with E-state index in [2.05, 4.69) is 11.1 Å². The number of amides is 1. The Morgan fingerprint density at radius 2 is 1.95 bits per heavy atom. The summed E-state index contributed by atoms with van der Waals surface area (Å²) in [5.74, 6) is 0.228. The number of aryl methyl sites for hydroxylation is 1. The Balaban J connectivity index is 1.29. The molecule has 38 heavy (non-hydrogen) atoms. The van der Waals surface area contributed by atoms with Gasteiger partial charge in [-0.15, -0.1) is 0 Å². The summed E-state index contributed by atoms with van der Waals surface area (Å²) in [7, 11) is 0. The second-order valence-electron chi connectivity index (χ2n) is 10.1. The number of anilines is 1. The van der Waals surface area contributed by atoms with Gasteiger partial charge in [0.2, 0.25) is 0 Å². The van der Waals surface area contributed by atoms with Crippen molar-refractivity contribution in [3.05, 3.63) is 77.9 Å². The van der Waals surface area contributed by atoms with Crippen molar-refractivity contribution in [1.82, 2.24) is 24.5 Å². The van der Waals surface area contributed by atoms with Crippen molar-refractivity contribution in [3.8, 4) is 17.2 Å². The summed E-state index contributed by atoms with van der Waals surface area (Å²) in [5.41, 5.74) is 4.83. The second kappa shape index (κ2) is 9.88. The molecule has 0 spiro atoms. The molecule has 6 rings (SSSR count). The van der Waals surface area contributed by atoms with Crippen LogP contribution < -0.4 is 4.90 Å². The molecule has 0 aliphatic carbocycles. The molecule has 192 valence electrons. The molecule has 2 aliphatic rings. The Bertz CT molecular complexity index is 1530. The van der Waals surface area contributed by atoms with Gasteiger partial charge in [0.05, 0.1) is 29.8 Å². The van der Waals surface area contributed by atoms with Crippen LogP contribution in [0.3, 0.4) is 0 Å². The Hall–Kier alpha value is -4.29. The fraction of sp³-hybridized carbons (Fsp3) is 0.345. The van der Waals surface area contributed by atoms with Crippen LogP contribution in [0, 0.1) is 24.2 Å². The van der Waals surface area contributed by atoms with E-state index in [1.165, 1.54) is 0 Å². The SMILES string of the molecule is Cc1cn2nc([C@@H]3CCCCN3C(=O)c3cc(-c4ccccc4)ccn3)cc2nc1N1C[C@@H](C#N)[C@@H](O)C1. The molecular formula is C29H29N7O2. The minimum Gasteiger partial charge on any atom is -0.390 e. The average Bonchev–Trinajstić information content (AvgIpc) is 3.55. The van der Waals surface area contributed by atoms with E-state index in [-0.39, 0.29) is 11.9 Å². The van der Waals surface area contributed by atoms with Crippen molar-refractivity contribution in [2.45, 2.75) is 38.3 Å². The summed E-state index contributed by atoms with van der Waals surface area (Å²) in [6.45, 7) is 3.43. The molecule has 1 aromatic carbocycles. The van der Waals surface area contributed by atoms with Gasteiger partial charge >= 0.3 is 0 Å². The summed E-state index contributed by atoms with van der Waals surface area (Å²) in [6.07, 6.45) is 5.70. The Kier molecular flexibility index (Phi) is 6.26. The number of aromatic nitrogens is 4. The van der Waals surface area contributed by atoms with Crippen molar-refractivity contribution in [1.29, 1.82) is 5.26 Å². The molecule has 2 saturated heterocycles. The van der Waals surface area contributed by atoms with Gasteiger partial charge in [0, 0.05) is 43.7 Å². The van der Waals surface area contributed by atoms with Gasteiger partial charge in [0.1, 0.15) is 11.5 Å². The fourth-order valence-electron chi connectivity index (χ4n) is 5.58. The maximum Gasteiger partial charge on any atom is 0.273 e. The average molecular weight is 508 g/mol. The maximum atomic E-state index is 13.7. The number of β-amino-alcohol motifs (C(OH)–C–C–N with tert-alkyl or cyclic N) is 1. The lowest BCUT2D eigenvalue weighted by atomic mass is 9.98. The number of aliphatic hydroxyl groups is 1. The largest absolute Gasteiger partial charge is 0.390 e. The van der Waals surface area contributed by atoms with Gasteiger partial charge < -0.3 is 14.9 Å². The number of carbonyl (C=O) groups excluding carboxylic acids is 1. The molecule has 3 atom stereocenters. The number of nitriles is 1. The maximum absolute atomic E-state index is 13.7. The first-order chi connectivity index (χ1) is 18.5. The van der Waals surface area contributed by atoms with E-state index in [9.17, 15) is 15.2 Å². The lowest BCUT2D eigenvalue weighted by Crippen LogP contribution is -2.39. The minimum absolute atomic E-state index is 0.0945. The first-order valence-corrected chi connectivity index (χ1v) is 13.0. The molecule has 0 radical (unpaired) electrons. The summed E-state index contributed by atoms with van der Waals surface area (Å²) in [4.78, 5) is 26.8. The Labute approximate surface area is 221 Å². The molecule has 1 amide bonds. The number of hydrogen-bond donors (Lipinski definition) is 1. The van der Waals surface area contributed by atoms with Gasteiger partial charge in [-0.25, -0.2) is 9.50 Å². The molecule has 2 fully saturated rings. The van der Waals surface area contributed by atoms with Crippen LogP contribution in [-0.4, -0.2) is 61.2 Å². The number of piperidine rings is 1. The van der Waals surface area contributed by atoms with E-state index in [1.54, 1.807) is 10.7 Å². The van der Waals surface area contributed by atoms with E-state index >= 15 is 0 Å². The van der Waals surface area contributed by atoms with Gasteiger partial charge in [-0.05, 0) is 49.4 Å². The van der Waals surface area contributed by atoms with E-state index in [0.717, 1.165) is 47.5 Å². The van der Waals surface area contributed by atoms with Crippen LogP contribution in [0.15, 0.2) is 60.9 Å². The number of pyridine rings is 1. The first-order valence-electron chi connectivity index (χ1n) is 13.0. The number of rotatable bonds is 4. The number of benzene rings is 1. The predicted octanol–water partition coefficient (Wildman–Crippen LogP) is 3.79. The summed E-state index contributed by atoms with van der Waals surface area (Å²) >= 11 is 0. The molecule has 0 saturated carbocycles. The highest BCUT2D eigenvalue weighted by atomic mass is 16.3. The van der Waals surface area contributed by atoms with Crippen LogP contribution in [0.1, 0.15) is 47.1 Å². The van der Waals surface area contributed by atoms with Crippen molar-refractivity contribution in [2.75, 3.05) is 24.5 Å². The van der Waals surface area contributed by atoms with Gasteiger partial charge in [-0.2, -0.15) is 10.4 Å². The quantitative estimate of drug-likeness (QED) is 0.447. The third-order valence-corrected chi connectivity index (χ3v) is 7.57. The number of carbonyl (C=O) groups is 1. The van der Waals surface area contributed by atoms with Crippen LogP contribution in [0.5, 0.6) is 0 Å². The van der Waals surface area contributed by atoms with Gasteiger partial charge in [0.15, 0.2) is 5.65 Å². The van der Waals surface area contributed by atoms with E-state index in [0.29, 0.717) is 31.0 Å². The van der Waals surface area contributed by atoms with Gasteiger partial charge in [-0.1, -0.05) is 30.3 Å². The van der Waals surface area contributed by atoms with Crippen LogP contribution >= 0.6 is 0 Å². The monoisotopic (exact) mass is 507 g/mol. The molecule has 5 heterocycles. The highest BCUT2D eigenvalue weighted by molar-refractivity contribution is 5.94. The van der Waals surface area contributed by atoms with Crippen LogP contribution in [-0.2, 0) is 0 Å². The molecule has 0 bridgehead atoms. The lowest BCUT2D eigenvalue weighted by Gasteiger charge is -2.34. The smallest absolute Gasteiger partial charge is 0.273 e. The molecule has 3 aromatic heterocycles. The fourth-order valence-corrected chi connectivity index (χ4v) is 5.58. The highest BCUT2D eigenvalue weighted by Gasteiger charge is 2.34. The Morgan fingerprint density at radius 1 is 1.11 bits per heavy atom. The molecule has 2 aliphatic heterocycles.